The lowest BCUT2D eigenvalue weighted by Gasteiger charge is -2.21. The maximum atomic E-state index is 4.45. The van der Waals surface area contributed by atoms with E-state index in [2.05, 4.69) is 52.8 Å². The molecule has 0 radical (unpaired) electrons. The number of H-pyrrole nitrogens is 1. The van der Waals surface area contributed by atoms with Crippen molar-refractivity contribution >= 4 is 0 Å². The molecule has 1 fully saturated rings. The highest BCUT2D eigenvalue weighted by Crippen LogP contribution is 2.25. The van der Waals surface area contributed by atoms with E-state index in [9.17, 15) is 0 Å². The Morgan fingerprint density at radius 2 is 2.22 bits per heavy atom. The molecule has 2 aromatic rings. The van der Waals surface area contributed by atoms with E-state index in [1.165, 1.54) is 29.7 Å². The van der Waals surface area contributed by atoms with Gasteiger partial charge in [-0.15, -0.1) is 0 Å². The molecule has 0 saturated carbocycles. The quantitative estimate of drug-likeness (QED) is 0.848. The van der Waals surface area contributed by atoms with E-state index in [1.807, 2.05) is 0 Å². The molecular formula is C15H19N3. The molecule has 1 aliphatic rings. The minimum atomic E-state index is 0.588. The average Bonchev–Trinajstić information content (AvgIpc) is 2.89. The molecule has 18 heavy (non-hydrogen) atoms. The second-order valence-corrected chi connectivity index (χ2v) is 5.12. The standard InChI is InChI=1S/C15H19N3/c1-11-4-2-5-12(8-11)14-9-15(18-17-14)13-6-3-7-16-10-13/h2,4-5,8-9,13,16H,3,6-7,10H2,1H3,(H,17,18). The van der Waals surface area contributed by atoms with Crippen molar-refractivity contribution < 1.29 is 0 Å². The lowest BCUT2D eigenvalue weighted by atomic mass is 9.95. The summed E-state index contributed by atoms with van der Waals surface area (Å²) >= 11 is 0. The zero-order valence-electron chi connectivity index (χ0n) is 10.7. The van der Waals surface area contributed by atoms with E-state index in [-0.39, 0.29) is 0 Å². The van der Waals surface area contributed by atoms with E-state index >= 15 is 0 Å². The van der Waals surface area contributed by atoms with Gasteiger partial charge in [-0.3, -0.25) is 5.10 Å². The molecule has 1 saturated heterocycles. The molecule has 3 nitrogen and oxygen atoms in total. The van der Waals surface area contributed by atoms with Crippen LogP contribution in [0.5, 0.6) is 0 Å². The van der Waals surface area contributed by atoms with E-state index < -0.39 is 0 Å². The van der Waals surface area contributed by atoms with Crippen LogP contribution in [0.2, 0.25) is 0 Å². The highest BCUT2D eigenvalue weighted by Gasteiger charge is 2.17. The molecule has 1 aromatic carbocycles. The number of hydrogen-bond donors (Lipinski definition) is 2. The lowest BCUT2D eigenvalue weighted by molar-refractivity contribution is 0.454. The summed E-state index contributed by atoms with van der Waals surface area (Å²) in [6.07, 6.45) is 2.51. The number of nitrogens with one attached hydrogen (secondary N) is 2. The summed E-state index contributed by atoms with van der Waals surface area (Å²) in [6, 6.07) is 10.7. The van der Waals surface area contributed by atoms with Gasteiger partial charge in [-0.2, -0.15) is 5.10 Å². The fraction of sp³-hybridized carbons (Fsp3) is 0.400. The summed E-state index contributed by atoms with van der Waals surface area (Å²) in [6.45, 7) is 4.33. The number of hydrogen-bond acceptors (Lipinski definition) is 2. The van der Waals surface area contributed by atoms with Gasteiger partial charge in [0.2, 0.25) is 0 Å². The molecule has 0 aliphatic carbocycles. The van der Waals surface area contributed by atoms with Crippen LogP contribution >= 0.6 is 0 Å². The van der Waals surface area contributed by atoms with Crippen LogP contribution in [-0.2, 0) is 0 Å². The lowest BCUT2D eigenvalue weighted by Crippen LogP contribution is -2.28. The second-order valence-electron chi connectivity index (χ2n) is 5.12. The normalized spacial score (nSPS) is 19.9. The molecule has 2 heterocycles. The molecule has 1 aliphatic heterocycles. The molecule has 3 heteroatoms. The van der Waals surface area contributed by atoms with Gasteiger partial charge in [0, 0.05) is 23.7 Å². The number of piperidine rings is 1. The number of benzene rings is 1. The summed E-state index contributed by atoms with van der Waals surface area (Å²) in [7, 11) is 0. The Kier molecular flexibility index (Phi) is 3.15. The van der Waals surface area contributed by atoms with Gasteiger partial charge in [-0.05, 0) is 38.4 Å². The van der Waals surface area contributed by atoms with E-state index in [4.69, 9.17) is 0 Å². The van der Waals surface area contributed by atoms with Crippen molar-refractivity contribution in [2.24, 2.45) is 0 Å². The molecule has 1 aromatic heterocycles. The Bertz CT molecular complexity index is 524. The zero-order chi connectivity index (χ0) is 12.4. The van der Waals surface area contributed by atoms with Crippen molar-refractivity contribution in [3.05, 3.63) is 41.6 Å². The largest absolute Gasteiger partial charge is 0.316 e. The summed E-state index contributed by atoms with van der Waals surface area (Å²) in [5, 5.41) is 11.1. The Hall–Kier alpha value is -1.61. The van der Waals surface area contributed by atoms with Gasteiger partial charge in [-0.1, -0.05) is 23.8 Å². The minimum absolute atomic E-state index is 0.588. The van der Waals surface area contributed by atoms with Crippen LogP contribution in [0, 0.1) is 6.92 Å². The number of rotatable bonds is 2. The third kappa shape index (κ3) is 2.31. The summed E-state index contributed by atoms with van der Waals surface area (Å²) in [5.41, 5.74) is 4.79. The molecular weight excluding hydrogens is 222 g/mol. The van der Waals surface area contributed by atoms with Crippen molar-refractivity contribution in [1.82, 2.24) is 15.5 Å². The number of aromatic nitrogens is 2. The van der Waals surface area contributed by atoms with Gasteiger partial charge in [0.25, 0.3) is 0 Å². The van der Waals surface area contributed by atoms with E-state index in [0.717, 1.165) is 18.8 Å². The van der Waals surface area contributed by atoms with E-state index in [1.54, 1.807) is 0 Å². The minimum Gasteiger partial charge on any atom is -0.316 e. The topological polar surface area (TPSA) is 40.7 Å². The van der Waals surface area contributed by atoms with Crippen LogP contribution < -0.4 is 5.32 Å². The Labute approximate surface area is 108 Å². The third-order valence-corrected chi connectivity index (χ3v) is 3.65. The first-order valence-electron chi connectivity index (χ1n) is 6.66. The maximum absolute atomic E-state index is 4.45. The van der Waals surface area contributed by atoms with Crippen LogP contribution in [0.1, 0.15) is 30.0 Å². The van der Waals surface area contributed by atoms with E-state index in [0.29, 0.717) is 5.92 Å². The van der Waals surface area contributed by atoms with Crippen molar-refractivity contribution in [1.29, 1.82) is 0 Å². The first kappa shape index (κ1) is 11.5. The second kappa shape index (κ2) is 4.94. The number of aromatic amines is 1. The van der Waals surface area contributed by atoms with Gasteiger partial charge in [0.15, 0.2) is 0 Å². The van der Waals surface area contributed by atoms with Gasteiger partial charge >= 0.3 is 0 Å². The molecule has 0 amide bonds. The smallest absolute Gasteiger partial charge is 0.0923 e. The molecule has 0 spiro atoms. The monoisotopic (exact) mass is 241 g/mol. The number of aryl methyl sites for hydroxylation is 1. The van der Waals surface area contributed by atoms with Crippen LogP contribution in [0.4, 0.5) is 0 Å². The molecule has 2 N–H and O–H groups in total. The van der Waals surface area contributed by atoms with Crippen molar-refractivity contribution in [2.75, 3.05) is 13.1 Å². The van der Waals surface area contributed by atoms with Crippen molar-refractivity contribution in [3.8, 4) is 11.3 Å². The third-order valence-electron chi connectivity index (χ3n) is 3.65. The van der Waals surface area contributed by atoms with Crippen molar-refractivity contribution in [3.63, 3.8) is 0 Å². The molecule has 3 rings (SSSR count). The summed E-state index contributed by atoms with van der Waals surface area (Å²) in [5.74, 6) is 0.588. The SMILES string of the molecule is Cc1cccc(-c2cc(C3CCCNC3)[nH]n2)c1. The highest BCUT2D eigenvalue weighted by molar-refractivity contribution is 5.60. The van der Waals surface area contributed by atoms with Crippen LogP contribution in [-0.4, -0.2) is 23.3 Å². The summed E-state index contributed by atoms with van der Waals surface area (Å²) < 4.78 is 0. The van der Waals surface area contributed by atoms with Crippen molar-refractivity contribution in [2.45, 2.75) is 25.7 Å². The number of nitrogens with zero attached hydrogens (tertiary/aromatic N) is 1. The fourth-order valence-electron chi connectivity index (χ4n) is 2.62. The predicted octanol–water partition coefficient (Wildman–Crippen LogP) is 2.85. The van der Waals surface area contributed by atoms with Gasteiger partial charge in [0.05, 0.1) is 5.69 Å². The van der Waals surface area contributed by atoms with Gasteiger partial charge in [0.1, 0.15) is 0 Å². The molecule has 94 valence electrons. The average molecular weight is 241 g/mol. The fourth-order valence-corrected chi connectivity index (χ4v) is 2.62. The van der Waals surface area contributed by atoms with Gasteiger partial charge < -0.3 is 5.32 Å². The Balaban J connectivity index is 1.84. The van der Waals surface area contributed by atoms with Crippen LogP contribution in [0.3, 0.4) is 0 Å². The first-order valence-corrected chi connectivity index (χ1v) is 6.66. The Morgan fingerprint density at radius 1 is 1.28 bits per heavy atom. The maximum Gasteiger partial charge on any atom is 0.0923 e. The van der Waals surface area contributed by atoms with Crippen LogP contribution in [0.15, 0.2) is 30.3 Å². The first-order chi connectivity index (χ1) is 8.83. The predicted molar refractivity (Wildman–Crippen MR) is 73.6 cm³/mol. The Morgan fingerprint density at radius 3 is 3.00 bits per heavy atom. The molecule has 1 atom stereocenters. The van der Waals surface area contributed by atoms with Crippen LogP contribution in [0.25, 0.3) is 11.3 Å². The molecule has 1 unspecified atom stereocenters. The summed E-state index contributed by atoms with van der Waals surface area (Å²) in [4.78, 5) is 0. The van der Waals surface area contributed by atoms with Gasteiger partial charge in [-0.25, -0.2) is 0 Å². The highest BCUT2D eigenvalue weighted by atomic mass is 15.1. The zero-order valence-corrected chi connectivity index (χ0v) is 10.7. The molecule has 0 bridgehead atoms.